The van der Waals surface area contributed by atoms with E-state index in [1.54, 1.807) is 0 Å². The second-order valence-electron chi connectivity index (χ2n) is 5.27. The molecule has 4 nitrogen and oxygen atoms in total. The standard InChI is InChI=1S/C14H25N3O/c1-6-11(3)14(18)15-8-10(2)9-17-13(5)7-12(4)16-17/h7,10-11H,6,8-9H2,1-5H3,(H,15,18)/t10-,11-/m1/s1. The predicted octanol–water partition coefficient (Wildman–Crippen LogP) is 2.30. The molecular formula is C14H25N3O. The summed E-state index contributed by atoms with van der Waals surface area (Å²) >= 11 is 0. The molecule has 1 amide bonds. The van der Waals surface area contributed by atoms with Crippen LogP contribution in [0.25, 0.3) is 0 Å². The largest absolute Gasteiger partial charge is 0.356 e. The lowest BCUT2D eigenvalue weighted by Gasteiger charge is -2.15. The van der Waals surface area contributed by atoms with Gasteiger partial charge in [0, 0.05) is 24.7 Å². The highest BCUT2D eigenvalue weighted by Crippen LogP contribution is 2.06. The van der Waals surface area contributed by atoms with Crippen molar-refractivity contribution in [1.29, 1.82) is 0 Å². The third kappa shape index (κ3) is 4.17. The highest BCUT2D eigenvalue weighted by atomic mass is 16.1. The number of hydrogen-bond acceptors (Lipinski definition) is 2. The third-order valence-corrected chi connectivity index (χ3v) is 3.27. The first kappa shape index (κ1) is 14.7. The van der Waals surface area contributed by atoms with Crippen molar-refractivity contribution in [2.45, 2.75) is 47.6 Å². The van der Waals surface area contributed by atoms with Crippen LogP contribution < -0.4 is 5.32 Å². The average molecular weight is 251 g/mol. The Labute approximate surface area is 110 Å². The van der Waals surface area contributed by atoms with E-state index in [1.807, 2.05) is 25.5 Å². The zero-order valence-electron chi connectivity index (χ0n) is 12.2. The number of amides is 1. The van der Waals surface area contributed by atoms with E-state index in [-0.39, 0.29) is 11.8 Å². The van der Waals surface area contributed by atoms with Gasteiger partial charge in [-0.25, -0.2) is 0 Å². The molecule has 4 heteroatoms. The molecule has 1 N–H and O–H groups in total. The van der Waals surface area contributed by atoms with E-state index in [4.69, 9.17) is 0 Å². The molecule has 0 aliphatic heterocycles. The maximum atomic E-state index is 11.7. The Bertz CT molecular complexity index is 398. The van der Waals surface area contributed by atoms with Crippen molar-refractivity contribution in [3.63, 3.8) is 0 Å². The second kappa shape index (κ2) is 6.57. The van der Waals surface area contributed by atoms with E-state index in [1.165, 1.54) is 5.69 Å². The van der Waals surface area contributed by atoms with Gasteiger partial charge in [-0.3, -0.25) is 9.48 Å². The zero-order valence-corrected chi connectivity index (χ0v) is 12.2. The van der Waals surface area contributed by atoms with Crippen LogP contribution in [0.3, 0.4) is 0 Å². The Hall–Kier alpha value is -1.32. The third-order valence-electron chi connectivity index (χ3n) is 3.27. The zero-order chi connectivity index (χ0) is 13.7. The fraction of sp³-hybridized carbons (Fsp3) is 0.714. The molecule has 0 fully saturated rings. The van der Waals surface area contributed by atoms with Gasteiger partial charge in [-0.2, -0.15) is 5.10 Å². The highest BCUT2D eigenvalue weighted by molar-refractivity contribution is 5.78. The van der Waals surface area contributed by atoms with Gasteiger partial charge in [0.15, 0.2) is 0 Å². The number of carbonyl (C=O) groups is 1. The molecule has 0 aromatic carbocycles. The molecule has 18 heavy (non-hydrogen) atoms. The molecule has 0 aliphatic carbocycles. The molecule has 0 unspecified atom stereocenters. The molecule has 1 aromatic heterocycles. The summed E-state index contributed by atoms with van der Waals surface area (Å²) in [6, 6.07) is 2.07. The lowest BCUT2D eigenvalue weighted by atomic mass is 10.1. The van der Waals surface area contributed by atoms with Crippen LogP contribution in [0.5, 0.6) is 0 Å². The van der Waals surface area contributed by atoms with Crippen molar-refractivity contribution >= 4 is 5.91 Å². The van der Waals surface area contributed by atoms with Crippen molar-refractivity contribution in [2.24, 2.45) is 11.8 Å². The van der Waals surface area contributed by atoms with Gasteiger partial charge in [0.05, 0.1) is 5.69 Å². The molecule has 0 radical (unpaired) electrons. The summed E-state index contributed by atoms with van der Waals surface area (Å²) in [4.78, 5) is 11.7. The molecule has 1 aromatic rings. The molecule has 0 saturated heterocycles. The van der Waals surface area contributed by atoms with E-state index >= 15 is 0 Å². The van der Waals surface area contributed by atoms with Gasteiger partial charge < -0.3 is 5.32 Å². The average Bonchev–Trinajstić information content (AvgIpc) is 2.63. The van der Waals surface area contributed by atoms with Crippen molar-refractivity contribution in [3.05, 3.63) is 17.5 Å². The van der Waals surface area contributed by atoms with Gasteiger partial charge in [0.25, 0.3) is 0 Å². The van der Waals surface area contributed by atoms with Crippen LogP contribution >= 0.6 is 0 Å². The van der Waals surface area contributed by atoms with E-state index in [9.17, 15) is 4.79 Å². The van der Waals surface area contributed by atoms with Crippen LogP contribution in [-0.2, 0) is 11.3 Å². The summed E-state index contributed by atoms with van der Waals surface area (Å²) in [6.07, 6.45) is 0.887. The minimum absolute atomic E-state index is 0.103. The Morgan fingerprint density at radius 3 is 2.61 bits per heavy atom. The normalized spacial score (nSPS) is 14.3. The Morgan fingerprint density at radius 2 is 2.11 bits per heavy atom. The van der Waals surface area contributed by atoms with Crippen LogP contribution in [0.4, 0.5) is 0 Å². The topological polar surface area (TPSA) is 46.9 Å². The Kier molecular flexibility index (Phi) is 5.38. The summed E-state index contributed by atoms with van der Waals surface area (Å²) in [5, 5.41) is 7.43. The maximum Gasteiger partial charge on any atom is 0.222 e. The molecule has 0 bridgehead atoms. The number of carbonyl (C=O) groups excluding carboxylic acids is 1. The van der Waals surface area contributed by atoms with E-state index in [2.05, 4.69) is 30.3 Å². The fourth-order valence-corrected chi connectivity index (χ4v) is 1.85. The minimum atomic E-state index is 0.103. The first-order valence-corrected chi connectivity index (χ1v) is 6.72. The molecular weight excluding hydrogens is 226 g/mol. The smallest absolute Gasteiger partial charge is 0.222 e. The van der Waals surface area contributed by atoms with Crippen molar-refractivity contribution in [2.75, 3.05) is 6.54 Å². The SMILES string of the molecule is CC[C@@H](C)C(=O)NC[C@@H](C)Cn1nc(C)cc1C. The summed E-state index contributed by atoms with van der Waals surface area (Å²) in [5.74, 6) is 0.639. The van der Waals surface area contributed by atoms with Crippen molar-refractivity contribution in [3.8, 4) is 0 Å². The molecule has 0 saturated carbocycles. The highest BCUT2D eigenvalue weighted by Gasteiger charge is 2.12. The summed E-state index contributed by atoms with van der Waals surface area (Å²) in [6.45, 7) is 11.7. The van der Waals surface area contributed by atoms with Crippen LogP contribution in [0.2, 0.25) is 0 Å². The summed E-state index contributed by atoms with van der Waals surface area (Å²) < 4.78 is 2.01. The quantitative estimate of drug-likeness (QED) is 0.843. The molecule has 2 atom stereocenters. The minimum Gasteiger partial charge on any atom is -0.356 e. The lowest BCUT2D eigenvalue weighted by molar-refractivity contribution is -0.124. The van der Waals surface area contributed by atoms with Gasteiger partial charge in [-0.05, 0) is 32.3 Å². The predicted molar refractivity (Wildman–Crippen MR) is 73.3 cm³/mol. The van der Waals surface area contributed by atoms with Gasteiger partial charge in [0.2, 0.25) is 5.91 Å². The van der Waals surface area contributed by atoms with Crippen molar-refractivity contribution in [1.82, 2.24) is 15.1 Å². The number of nitrogens with zero attached hydrogens (tertiary/aromatic N) is 2. The Morgan fingerprint density at radius 1 is 1.44 bits per heavy atom. The van der Waals surface area contributed by atoms with Gasteiger partial charge in [-0.15, -0.1) is 0 Å². The number of nitrogens with one attached hydrogen (secondary N) is 1. The number of rotatable bonds is 6. The van der Waals surface area contributed by atoms with Gasteiger partial charge in [-0.1, -0.05) is 20.8 Å². The molecule has 102 valence electrons. The number of hydrogen-bond donors (Lipinski definition) is 1. The molecule has 0 aliphatic rings. The lowest BCUT2D eigenvalue weighted by Crippen LogP contribution is -2.33. The second-order valence-corrected chi connectivity index (χ2v) is 5.27. The molecule has 0 spiro atoms. The van der Waals surface area contributed by atoms with Gasteiger partial charge in [0.1, 0.15) is 0 Å². The summed E-state index contributed by atoms with van der Waals surface area (Å²) in [5.41, 5.74) is 2.22. The molecule has 1 heterocycles. The van der Waals surface area contributed by atoms with Gasteiger partial charge >= 0.3 is 0 Å². The van der Waals surface area contributed by atoms with E-state index in [0.717, 1.165) is 18.7 Å². The number of aromatic nitrogens is 2. The fourth-order valence-electron chi connectivity index (χ4n) is 1.85. The number of aryl methyl sites for hydroxylation is 2. The van der Waals surface area contributed by atoms with Crippen LogP contribution in [0.15, 0.2) is 6.07 Å². The van der Waals surface area contributed by atoms with E-state index < -0.39 is 0 Å². The van der Waals surface area contributed by atoms with E-state index in [0.29, 0.717) is 12.5 Å². The molecule has 1 rings (SSSR count). The Balaban J connectivity index is 2.40. The first-order chi connectivity index (χ1) is 8.43. The first-order valence-electron chi connectivity index (χ1n) is 6.72. The van der Waals surface area contributed by atoms with Crippen molar-refractivity contribution < 1.29 is 4.79 Å². The van der Waals surface area contributed by atoms with Crippen LogP contribution in [0, 0.1) is 25.7 Å². The van der Waals surface area contributed by atoms with Crippen LogP contribution in [0.1, 0.15) is 38.6 Å². The summed E-state index contributed by atoms with van der Waals surface area (Å²) in [7, 11) is 0. The van der Waals surface area contributed by atoms with Crippen LogP contribution in [-0.4, -0.2) is 22.2 Å². The monoisotopic (exact) mass is 251 g/mol. The maximum absolute atomic E-state index is 11.7.